The number of thiazole rings is 1. The van der Waals surface area contributed by atoms with E-state index in [2.05, 4.69) is 15.2 Å². The highest BCUT2D eigenvalue weighted by molar-refractivity contribution is 7.09. The summed E-state index contributed by atoms with van der Waals surface area (Å²) in [6.45, 7) is 7.10. The van der Waals surface area contributed by atoms with Crippen LogP contribution in [0.1, 0.15) is 31.4 Å². The van der Waals surface area contributed by atoms with E-state index in [1.54, 1.807) is 31.4 Å². The van der Waals surface area contributed by atoms with Crippen LogP contribution in [0.4, 0.5) is 4.79 Å². The zero-order chi connectivity index (χ0) is 16.4. The molecule has 2 aliphatic heterocycles. The molecule has 2 fully saturated rings. The van der Waals surface area contributed by atoms with Crippen LogP contribution in [0.15, 0.2) is 11.6 Å². The van der Waals surface area contributed by atoms with E-state index in [0.717, 1.165) is 31.1 Å². The van der Waals surface area contributed by atoms with E-state index in [1.807, 2.05) is 5.38 Å². The van der Waals surface area contributed by atoms with Crippen molar-refractivity contribution in [3.05, 3.63) is 16.6 Å². The van der Waals surface area contributed by atoms with E-state index in [0.29, 0.717) is 13.2 Å². The highest BCUT2D eigenvalue weighted by Gasteiger charge is 2.43. The number of rotatable bonds is 5. The van der Waals surface area contributed by atoms with E-state index in [9.17, 15) is 9.59 Å². The lowest BCUT2D eigenvalue weighted by Crippen LogP contribution is -2.41. The Hall–Kier alpha value is -1.51. The van der Waals surface area contributed by atoms with Gasteiger partial charge < -0.3 is 10.1 Å². The van der Waals surface area contributed by atoms with Gasteiger partial charge in [0.25, 0.3) is 5.91 Å². The molecule has 0 aromatic carbocycles. The number of aromatic nitrogens is 1. The van der Waals surface area contributed by atoms with Gasteiger partial charge in [-0.15, -0.1) is 11.3 Å². The lowest BCUT2D eigenvalue weighted by atomic mass is 10.1. The van der Waals surface area contributed by atoms with Gasteiger partial charge in [0.05, 0.1) is 6.61 Å². The topological polar surface area (TPSA) is 74.8 Å². The number of carbonyl (C=O) groups is 2. The summed E-state index contributed by atoms with van der Waals surface area (Å²) in [4.78, 5) is 31.9. The summed E-state index contributed by atoms with van der Waals surface area (Å²) in [5.74, 6) is -0.148. The number of hydrogen-bond donors (Lipinski definition) is 1. The second kappa shape index (κ2) is 6.54. The average molecular weight is 338 g/mol. The van der Waals surface area contributed by atoms with Gasteiger partial charge in [-0.2, -0.15) is 0 Å². The fourth-order valence-corrected chi connectivity index (χ4v) is 3.60. The van der Waals surface area contributed by atoms with E-state index in [-0.39, 0.29) is 18.0 Å². The number of carbonyl (C=O) groups excluding carboxylic acids is 2. The van der Waals surface area contributed by atoms with Crippen LogP contribution in [0.2, 0.25) is 0 Å². The number of nitrogens with zero attached hydrogens (tertiary/aromatic N) is 3. The maximum absolute atomic E-state index is 12.1. The number of nitrogens with one attached hydrogen (secondary N) is 1. The average Bonchev–Trinajstić information content (AvgIpc) is 3.10. The third kappa shape index (κ3) is 3.54. The monoisotopic (exact) mass is 338 g/mol. The smallest absolute Gasteiger partial charge is 0.325 e. The summed E-state index contributed by atoms with van der Waals surface area (Å²) in [7, 11) is 0. The zero-order valence-electron chi connectivity index (χ0n) is 13.4. The van der Waals surface area contributed by atoms with Crippen molar-refractivity contribution >= 4 is 23.3 Å². The third-order valence-electron chi connectivity index (χ3n) is 4.18. The molecule has 2 saturated heterocycles. The second-order valence-electron chi connectivity index (χ2n) is 6.40. The Kier molecular flexibility index (Phi) is 4.65. The van der Waals surface area contributed by atoms with Gasteiger partial charge >= 0.3 is 6.03 Å². The SMILES string of the molecule is CC1(C)NC(=O)N(CCCN2CCO[C@H](c3nccs3)C2)C1=O. The van der Waals surface area contributed by atoms with E-state index in [1.165, 1.54) is 4.90 Å². The molecule has 0 bridgehead atoms. The Balaban J connectivity index is 1.47. The molecule has 1 atom stereocenters. The Bertz CT molecular complexity index is 575. The van der Waals surface area contributed by atoms with Crippen LogP contribution < -0.4 is 5.32 Å². The fourth-order valence-electron chi connectivity index (χ4n) is 2.92. The van der Waals surface area contributed by atoms with Crippen LogP contribution >= 0.6 is 11.3 Å². The molecule has 126 valence electrons. The summed E-state index contributed by atoms with van der Waals surface area (Å²) >= 11 is 1.61. The maximum Gasteiger partial charge on any atom is 0.325 e. The van der Waals surface area contributed by atoms with Crippen LogP contribution in [0.3, 0.4) is 0 Å². The van der Waals surface area contributed by atoms with Gasteiger partial charge in [0.1, 0.15) is 16.7 Å². The van der Waals surface area contributed by atoms with Crippen molar-refractivity contribution in [2.24, 2.45) is 0 Å². The van der Waals surface area contributed by atoms with Crippen LogP contribution in [-0.2, 0) is 9.53 Å². The summed E-state index contributed by atoms with van der Waals surface area (Å²) in [6, 6.07) is -0.289. The molecule has 0 unspecified atom stereocenters. The van der Waals surface area contributed by atoms with Gasteiger partial charge in [-0.05, 0) is 20.3 Å². The minimum absolute atomic E-state index is 0.0272. The van der Waals surface area contributed by atoms with Crippen molar-refractivity contribution in [3.8, 4) is 0 Å². The predicted octanol–water partition coefficient (Wildman–Crippen LogP) is 1.24. The number of hydrogen-bond acceptors (Lipinski definition) is 6. The van der Waals surface area contributed by atoms with Crippen molar-refractivity contribution in [3.63, 3.8) is 0 Å². The number of morpholine rings is 1. The van der Waals surface area contributed by atoms with Crippen LogP contribution in [0.25, 0.3) is 0 Å². The number of urea groups is 1. The summed E-state index contributed by atoms with van der Waals surface area (Å²) in [6.07, 6.45) is 2.58. The molecule has 2 aliphatic rings. The Morgan fingerprint density at radius 2 is 2.26 bits per heavy atom. The van der Waals surface area contributed by atoms with Crippen molar-refractivity contribution in [1.82, 2.24) is 20.1 Å². The molecule has 1 aromatic heterocycles. The number of ether oxygens (including phenoxy) is 1. The maximum atomic E-state index is 12.1. The van der Waals surface area contributed by atoms with Gasteiger partial charge in [-0.3, -0.25) is 14.6 Å². The van der Waals surface area contributed by atoms with E-state index >= 15 is 0 Å². The lowest BCUT2D eigenvalue weighted by Gasteiger charge is -2.32. The summed E-state index contributed by atoms with van der Waals surface area (Å²) in [5.41, 5.74) is -0.786. The summed E-state index contributed by atoms with van der Waals surface area (Å²) in [5, 5.41) is 5.66. The molecule has 0 saturated carbocycles. The minimum Gasteiger partial charge on any atom is -0.368 e. The first-order chi connectivity index (χ1) is 11.0. The molecule has 7 nitrogen and oxygen atoms in total. The molecule has 3 rings (SSSR count). The van der Waals surface area contributed by atoms with Crippen molar-refractivity contribution in [2.45, 2.75) is 31.9 Å². The molecular formula is C15H22N4O3S. The molecule has 3 heterocycles. The molecular weight excluding hydrogens is 316 g/mol. The van der Waals surface area contributed by atoms with Crippen molar-refractivity contribution in [2.75, 3.05) is 32.8 Å². The van der Waals surface area contributed by atoms with Crippen LogP contribution in [0.5, 0.6) is 0 Å². The highest BCUT2D eigenvalue weighted by Crippen LogP contribution is 2.24. The van der Waals surface area contributed by atoms with Crippen LogP contribution in [0, 0.1) is 0 Å². The van der Waals surface area contributed by atoms with Gasteiger partial charge in [0.15, 0.2) is 0 Å². The first-order valence-corrected chi connectivity index (χ1v) is 8.73. The van der Waals surface area contributed by atoms with Gasteiger partial charge in [0, 0.05) is 37.8 Å². The molecule has 23 heavy (non-hydrogen) atoms. The van der Waals surface area contributed by atoms with Gasteiger partial charge in [0.2, 0.25) is 0 Å². The van der Waals surface area contributed by atoms with E-state index in [4.69, 9.17) is 4.74 Å². The lowest BCUT2D eigenvalue weighted by molar-refractivity contribution is -0.130. The molecule has 8 heteroatoms. The van der Waals surface area contributed by atoms with Crippen molar-refractivity contribution in [1.29, 1.82) is 0 Å². The zero-order valence-corrected chi connectivity index (χ0v) is 14.3. The van der Waals surface area contributed by atoms with Crippen LogP contribution in [-0.4, -0.2) is 65.0 Å². The molecule has 0 aliphatic carbocycles. The fraction of sp³-hybridized carbons (Fsp3) is 0.667. The Labute approximate surface area is 139 Å². The van der Waals surface area contributed by atoms with Gasteiger partial charge in [-0.1, -0.05) is 0 Å². The van der Waals surface area contributed by atoms with E-state index < -0.39 is 5.54 Å². The first-order valence-electron chi connectivity index (χ1n) is 7.85. The minimum atomic E-state index is -0.786. The molecule has 3 amide bonds. The molecule has 1 aromatic rings. The largest absolute Gasteiger partial charge is 0.368 e. The molecule has 1 N–H and O–H groups in total. The quantitative estimate of drug-likeness (QED) is 0.818. The molecule has 0 radical (unpaired) electrons. The second-order valence-corrected chi connectivity index (χ2v) is 7.32. The third-order valence-corrected chi connectivity index (χ3v) is 5.05. The van der Waals surface area contributed by atoms with Crippen molar-refractivity contribution < 1.29 is 14.3 Å². The number of amides is 3. The highest BCUT2D eigenvalue weighted by atomic mass is 32.1. The Morgan fingerprint density at radius 3 is 2.91 bits per heavy atom. The summed E-state index contributed by atoms with van der Waals surface area (Å²) < 4.78 is 5.77. The number of imide groups is 1. The molecule has 0 spiro atoms. The standard InChI is InChI=1S/C15H22N4O3S/c1-15(2)13(20)19(14(21)17-15)6-3-5-18-7-8-22-11(10-18)12-16-4-9-23-12/h4,9,11H,3,5-8,10H2,1-2H3,(H,17,21)/t11-/m0/s1. The predicted molar refractivity (Wildman–Crippen MR) is 86.2 cm³/mol. The normalized spacial score (nSPS) is 25.0. The Morgan fingerprint density at radius 1 is 1.43 bits per heavy atom. The van der Waals surface area contributed by atoms with Gasteiger partial charge in [-0.25, -0.2) is 9.78 Å². The first kappa shape index (κ1) is 16.4.